The number of rotatable bonds is 2. The van der Waals surface area contributed by atoms with Gasteiger partial charge < -0.3 is 4.84 Å². The molecule has 4 rings (SSSR count). The molecule has 2 aliphatic heterocycles. The number of anilines is 1. The predicted molar refractivity (Wildman–Crippen MR) is 98.0 cm³/mol. The summed E-state index contributed by atoms with van der Waals surface area (Å²) < 4.78 is 40.2. The van der Waals surface area contributed by atoms with Gasteiger partial charge in [0.1, 0.15) is 11.6 Å². The lowest BCUT2D eigenvalue weighted by molar-refractivity contribution is -0.137. The second-order valence-electron chi connectivity index (χ2n) is 6.16. The highest BCUT2D eigenvalue weighted by atomic mass is 79.9. The van der Waals surface area contributed by atoms with Crippen molar-refractivity contribution >= 4 is 50.7 Å². The zero-order valence-electron chi connectivity index (χ0n) is 13.7. The average Bonchev–Trinajstić information content (AvgIpc) is 3.16. The summed E-state index contributed by atoms with van der Waals surface area (Å²) in [5.41, 5.74) is -0.527. The van der Waals surface area contributed by atoms with E-state index in [1.807, 2.05) is 0 Å². The monoisotopic (exact) mass is 472 g/mol. The Bertz CT molecular complexity index is 1020. The van der Waals surface area contributed by atoms with Crippen molar-refractivity contribution in [3.05, 3.63) is 63.1 Å². The first kappa shape index (κ1) is 18.9. The third kappa shape index (κ3) is 2.98. The quantitative estimate of drug-likeness (QED) is 0.607. The van der Waals surface area contributed by atoms with Gasteiger partial charge in [-0.2, -0.15) is 13.2 Å². The van der Waals surface area contributed by atoms with Crippen molar-refractivity contribution in [3.8, 4) is 0 Å². The average molecular weight is 474 g/mol. The lowest BCUT2D eigenvalue weighted by Crippen LogP contribution is -2.33. The Morgan fingerprint density at radius 1 is 1.07 bits per heavy atom. The molecule has 1 fully saturated rings. The summed E-state index contributed by atoms with van der Waals surface area (Å²) in [6, 6.07) is 9.72. The molecule has 2 aromatic rings. The molecule has 0 radical (unpaired) electrons. The Balaban J connectivity index is 1.71. The van der Waals surface area contributed by atoms with Crippen LogP contribution < -0.4 is 4.90 Å². The number of imide groups is 1. The number of carbonyl (C=O) groups is 2. The minimum absolute atomic E-state index is 0.222. The summed E-state index contributed by atoms with van der Waals surface area (Å²) in [6.45, 7) is 0. The van der Waals surface area contributed by atoms with Crippen LogP contribution in [0.5, 0.6) is 0 Å². The predicted octanol–water partition coefficient (Wildman–Crippen LogP) is 4.41. The maximum Gasteiger partial charge on any atom is 0.417 e. The Morgan fingerprint density at radius 2 is 1.75 bits per heavy atom. The number of benzene rings is 2. The highest BCUT2D eigenvalue weighted by Gasteiger charge is 2.56. The minimum Gasteiger partial charge on any atom is -0.381 e. The van der Waals surface area contributed by atoms with E-state index >= 15 is 0 Å². The van der Waals surface area contributed by atoms with Crippen molar-refractivity contribution in [2.24, 2.45) is 11.1 Å². The zero-order chi connectivity index (χ0) is 20.2. The molecule has 2 heterocycles. The van der Waals surface area contributed by atoms with Crippen LogP contribution in [0.3, 0.4) is 0 Å². The number of fused-ring (bicyclic) bond motifs is 1. The molecule has 2 amide bonds. The number of hydrogen-bond acceptors (Lipinski definition) is 4. The second-order valence-corrected chi connectivity index (χ2v) is 7.48. The molecular weight excluding hydrogens is 465 g/mol. The van der Waals surface area contributed by atoms with Gasteiger partial charge in [0.15, 0.2) is 0 Å². The van der Waals surface area contributed by atoms with Crippen LogP contribution in [0.2, 0.25) is 5.02 Å². The van der Waals surface area contributed by atoms with E-state index in [0.29, 0.717) is 16.5 Å². The number of nitrogens with zero attached hydrogens (tertiary/aromatic N) is 2. The van der Waals surface area contributed by atoms with Crippen molar-refractivity contribution in [2.75, 3.05) is 4.90 Å². The second kappa shape index (κ2) is 6.59. The van der Waals surface area contributed by atoms with Crippen LogP contribution in [0.1, 0.15) is 11.1 Å². The van der Waals surface area contributed by atoms with Crippen molar-refractivity contribution in [1.29, 1.82) is 0 Å². The molecule has 0 N–H and O–H groups in total. The van der Waals surface area contributed by atoms with Gasteiger partial charge in [-0.15, -0.1) is 0 Å². The number of amides is 2. The van der Waals surface area contributed by atoms with Gasteiger partial charge in [-0.3, -0.25) is 9.59 Å². The van der Waals surface area contributed by atoms with Gasteiger partial charge in [0.05, 0.1) is 16.3 Å². The number of carbonyl (C=O) groups excluding carboxylic acids is 2. The van der Waals surface area contributed by atoms with Crippen LogP contribution in [0, 0.1) is 5.92 Å². The van der Waals surface area contributed by atoms with E-state index in [2.05, 4.69) is 21.1 Å². The molecule has 0 spiro atoms. The van der Waals surface area contributed by atoms with Crippen molar-refractivity contribution < 1.29 is 27.6 Å². The van der Waals surface area contributed by atoms with Crippen LogP contribution in [0.15, 0.2) is 52.1 Å². The van der Waals surface area contributed by atoms with Crippen LogP contribution in [0.4, 0.5) is 18.9 Å². The molecule has 2 aliphatic rings. The minimum atomic E-state index is -4.73. The molecule has 0 aliphatic carbocycles. The fourth-order valence-electron chi connectivity index (χ4n) is 3.16. The largest absolute Gasteiger partial charge is 0.417 e. The summed E-state index contributed by atoms with van der Waals surface area (Å²) in [5, 5.41) is 3.33. The Labute approximate surface area is 169 Å². The first-order valence-corrected chi connectivity index (χ1v) is 9.10. The van der Waals surface area contributed by atoms with E-state index in [9.17, 15) is 22.8 Å². The molecule has 144 valence electrons. The van der Waals surface area contributed by atoms with E-state index in [1.54, 1.807) is 24.3 Å². The first-order valence-electron chi connectivity index (χ1n) is 7.92. The van der Waals surface area contributed by atoms with Crippen LogP contribution in [0.25, 0.3) is 0 Å². The lowest BCUT2D eigenvalue weighted by atomic mass is 9.94. The standard InChI is InChI=1S/C18H9BrClF3N2O3/c19-9-3-1-8(2-4-9)14-13-15(28-24-14)17(27)25(16(13)26)10-5-6-12(20)11(7-10)18(21,22)23/h1-7,13,15H. The molecule has 2 unspecified atom stereocenters. The fraction of sp³-hybridized carbons (Fsp3) is 0.167. The Kier molecular flexibility index (Phi) is 4.46. The third-order valence-corrected chi connectivity index (χ3v) is 5.32. The molecular formula is C18H9BrClF3N2O3. The summed E-state index contributed by atoms with van der Waals surface area (Å²) in [7, 11) is 0. The van der Waals surface area contributed by atoms with Crippen molar-refractivity contribution in [2.45, 2.75) is 12.3 Å². The SMILES string of the molecule is O=C1C2ON=C(c3ccc(Br)cc3)C2C(=O)N1c1ccc(Cl)c(C(F)(F)F)c1. The Morgan fingerprint density at radius 3 is 2.39 bits per heavy atom. The molecule has 0 aromatic heterocycles. The van der Waals surface area contributed by atoms with Gasteiger partial charge in [-0.25, -0.2) is 4.90 Å². The van der Waals surface area contributed by atoms with Gasteiger partial charge in [-0.1, -0.05) is 44.8 Å². The highest BCUT2D eigenvalue weighted by Crippen LogP contribution is 2.40. The van der Waals surface area contributed by atoms with Gasteiger partial charge in [0, 0.05) is 10.0 Å². The first-order chi connectivity index (χ1) is 13.2. The Hall–Kier alpha value is -2.39. The molecule has 0 bridgehead atoms. The number of halogens is 5. The van der Waals surface area contributed by atoms with E-state index in [1.165, 1.54) is 6.07 Å². The van der Waals surface area contributed by atoms with Gasteiger partial charge >= 0.3 is 6.18 Å². The van der Waals surface area contributed by atoms with Crippen LogP contribution in [-0.2, 0) is 20.6 Å². The molecule has 28 heavy (non-hydrogen) atoms. The normalized spacial score (nSPS) is 21.6. The maximum atomic E-state index is 13.1. The van der Waals surface area contributed by atoms with Gasteiger partial charge in [0.2, 0.25) is 12.0 Å². The smallest absolute Gasteiger partial charge is 0.381 e. The highest BCUT2D eigenvalue weighted by molar-refractivity contribution is 9.10. The summed E-state index contributed by atoms with van der Waals surface area (Å²) in [6.07, 6.45) is -5.94. The van der Waals surface area contributed by atoms with Gasteiger partial charge in [-0.05, 0) is 30.3 Å². The van der Waals surface area contributed by atoms with E-state index < -0.39 is 40.6 Å². The van der Waals surface area contributed by atoms with E-state index in [4.69, 9.17) is 16.4 Å². The molecule has 2 atom stereocenters. The summed E-state index contributed by atoms with van der Waals surface area (Å²) >= 11 is 8.91. The molecule has 10 heteroatoms. The van der Waals surface area contributed by atoms with Crippen molar-refractivity contribution in [3.63, 3.8) is 0 Å². The van der Waals surface area contributed by atoms with Crippen molar-refractivity contribution in [1.82, 2.24) is 0 Å². The number of alkyl halides is 3. The molecule has 5 nitrogen and oxygen atoms in total. The summed E-state index contributed by atoms with van der Waals surface area (Å²) in [4.78, 5) is 31.4. The van der Waals surface area contributed by atoms with E-state index in [-0.39, 0.29) is 11.4 Å². The molecule has 1 saturated heterocycles. The molecule has 0 saturated carbocycles. The fourth-order valence-corrected chi connectivity index (χ4v) is 3.65. The van der Waals surface area contributed by atoms with E-state index in [0.717, 1.165) is 10.5 Å². The third-order valence-electron chi connectivity index (χ3n) is 4.47. The zero-order valence-corrected chi connectivity index (χ0v) is 16.0. The maximum absolute atomic E-state index is 13.1. The van der Waals surface area contributed by atoms with Crippen LogP contribution >= 0.6 is 27.5 Å². The number of hydrogen-bond donors (Lipinski definition) is 0. The molecule has 2 aromatic carbocycles. The lowest BCUT2D eigenvalue weighted by Gasteiger charge is -2.18. The topological polar surface area (TPSA) is 59.0 Å². The van der Waals surface area contributed by atoms with Gasteiger partial charge in [0.25, 0.3) is 5.91 Å². The summed E-state index contributed by atoms with van der Waals surface area (Å²) in [5.74, 6) is -2.51. The number of oxime groups is 1. The van der Waals surface area contributed by atoms with Crippen LogP contribution in [-0.4, -0.2) is 23.6 Å².